The van der Waals surface area contributed by atoms with Crippen LogP contribution in [0.3, 0.4) is 0 Å². The van der Waals surface area contributed by atoms with Gasteiger partial charge in [0.05, 0.1) is 12.6 Å². The van der Waals surface area contributed by atoms with Gasteiger partial charge in [-0.3, -0.25) is 4.79 Å². The predicted octanol–water partition coefficient (Wildman–Crippen LogP) is 1.42. The Hall–Kier alpha value is -1.55. The number of carbonyl (C=O) groups excluding carboxylic acids is 1. The maximum absolute atomic E-state index is 12.5. The van der Waals surface area contributed by atoms with Gasteiger partial charge in [0.1, 0.15) is 0 Å². The number of carbonyl (C=O) groups is 1. The van der Waals surface area contributed by atoms with Crippen molar-refractivity contribution in [1.82, 2.24) is 4.90 Å². The quantitative estimate of drug-likeness (QED) is 0.778. The zero-order chi connectivity index (χ0) is 13.3. The summed E-state index contributed by atoms with van der Waals surface area (Å²) >= 11 is 0. The number of aliphatic hydroxyl groups is 1. The van der Waals surface area contributed by atoms with Crippen molar-refractivity contribution in [3.05, 3.63) is 29.3 Å². The zero-order valence-corrected chi connectivity index (χ0v) is 10.9. The third kappa shape index (κ3) is 2.20. The first-order valence-electron chi connectivity index (χ1n) is 6.32. The fraction of sp³-hybridized carbons (Fsp3) is 0.500. The summed E-state index contributed by atoms with van der Waals surface area (Å²) in [4.78, 5) is 14.2. The largest absolute Gasteiger partial charge is 0.399 e. The summed E-state index contributed by atoms with van der Waals surface area (Å²) in [5, 5.41) is 9.40. The van der Waals surface area contributed by atoms with Crippen LogP contribution in [0.15, 0.2) is 18.2 Å². The molecule has 1 saturated heterocycles. The summed E-state index contributed by atoms with van der Waals surface area (Å²) in [7, 11) is 0. The summed E-state index contributed by atoms with van der Waals surface area (Å²) in [6, 6.07) is 5.26. The van der Waals surface area contributed by atoms with Gasteiger partial charge in [0.15, 0.2) is 0 Å². The molecule has 0 spiro atoms. The first kappa shape index (κ1) is 12.9. The number of benzene rings is 1. The molecule has 4 heteroatoms. The number of hydrogen-bond donors (Lipinski definition) is 2. The average molecular weight is 248 g/mol. The first-order valence-corrected chi connectivity index (χ1v) is 6.32. The molecule has 18 heavy (non-hydrogen) atoms. The first-order chi connectivity index (χ1) is 8.54. The van der Waals surface area contributed by atoms with Crippen LogP contribution in [0.5, 0.6) is 0 Å². The Morgan fingerprint density at radius 2 is 2.28 bits per heavy atom. The van der Waals surface area contributed by atoms with Crippen LogP contribution in [0, 0.1) is 12.8 Å². The molecule has 0 saturated carbocycles. The molecule has 2 unspecified atom stereocenters. The number of aryl methyl sites for hydroxylation is 1. The molecule has 0 bridgehead atoms. The van der Waals surface area contributed by atoms with Gasteiger partial charge in [-0.1, -0.05) is 6.92 Å². The van der Waals surface area contributed by atoms with Gasteiger partial charge < -0.3 is 15.7 Å². The summed E-state index contributed by atoms with van der Waals surface area (Å²) in [5.74, 6) is 0.351. The summed E-state index contributed by atoms with van der Waals surface area (Å²) in [6.07, 6.45) is 0.949. The molecule has 1 aliphatic rings. The predicted molar refractivity (Wildman–Crippen MR) is 71.3 cm³/mol. The molecule has 1 aliphatic heterocycles. The Bertz CT molecular complexity index is 459. The average Bonchev–Trinajstić information content (AvgIpc) is 2.69. The van der Waals surface area contributed by atoms with Crippen molar-refractivity contribution in [1.29, 1.82) is 0 Å². The lowest BCUT2D eigenvalue weighted by Gasteiger charge is -2.26. The van der Waals surface area contributed by atoms with Gasteiger partial charge in [0.25, 0.3) is 5.91 Å². The summed E-state index contributed by atoms with van der Waals surface area (Å²) < 4.78 is 0. The Morgan fingerprint density at radius 3 is 2.89 bits per heavy atom. The maximum Gasteiger partial charge on any atom is 0.254 e. The van der Waals surface area contributed by atoms with Crippen LogP contribution in [-0.4, -0.2) is 35.1 Å². The lowest BCUT2D eigenvalue weighted by atomic mass is 10.0. The van der Waals surface area contributed by atoms with E-state index in [0.717, 1.165) is 18.5 Å². The third-order valence-corrected chi connectivity index (χ3v) is 3.81. The molecular formula is C14H20N2O2. The summed E-state index contributed by atoms with van der Waals surface area (Å²) in [6.45, 7) is 4.71. The lowest BCUT2D eigenvalue weighted by molar-refractivity contribution is 0.0647. The molecule has 0 radical (unpaired) electrons. The molecule has 3 N–H and O–H groups in total. The Morgan fingerprint density at radius 1 is 1.56 bits per heavy atom. The van der Waals surface area contributed by atoms with Crippen molar-refractivity contribution < 1.29 is 9.90 Å². The molecule has 2 rings (SSSR count). The normalized spacial score (nSPS) is 23.4. The van der Waals surface area contributed by atoms with Gasteiger partial charge in [-0.15, -0.1) is 0 Å². The van der Waals surface area contributed by atoms with E-state index in [0.29, 0.717) is 17.2 Å². The number of hydrogen-bond acceptors (Lipinski definition) is 3. The highest BCUT2D eigenvalue weighted by Gasteiger charge is 2.34. The van der Waals surface area contributed by atoms with E-state index in [-0.39, 0.29) is 18.6 Å². The van der Waals surface area contributed by atoms with E-state index in [1.807, 2.05) is 6.92 Å². The Labute approximate surface area is 107 Å². The minimum Gasteiger partial charge on any atom is -0.399 e. The van der Waals surface area contributed by atoms with Gasteiger partial charge >= 0.3 is 0 Å². The van der Waals surface area contributed by atoms with Crippen molar-refractivity contribution in [2.24, 2.45) is 5.92 Å². The van der Waals surface area contributed by atoms with Gasteiger partial charge in [-0.05, 0) is 43.0 Å². The highest BCUT2D eigenvalue weighted by Crippen LogP contribution is 2.26. The van der Waals surface area contributed by atoms with Crippen LogP contribution in [0.1, 0.15) is 29.3 Å². The zero-order valence-electron chi connectivity index (χ0n) is 10.9. The fourth-order valence-electron chi connectivity index (χ4n) is 2.62. The van der Waals surface area contributed by atoms with Crippen LogP contribution in [0.25, 0.3) is 0 Å². The molecule has 1 aromatic carbocycles. The molecule has 1 amide bonds. The molecule has 4 nitrogen and oxygen atoms in total. The number of nitrogens with zero attached hydrogens (tertiary/aromatic N) is 1. The molecule has 1 heterocycles. The van der Waals surface area contributed by atoms with Crippen LogP contribution in [0.4, 0.5) is 5.69 Å². The molecular weight excluding hydrogens is 228 g/mol. The number of likely N-dealkylation sites (tertiary alicyclic amines) is 1. The van der Waals surface area contributed by atoms with Gasteiger partial charge in [0.2, 0.25) is 0 Å². The van der Waals surface area contributed by atoms with Gasteiger partial charge in [-0.2, -0.15) is 0 Å². The van der Waals surface area contributed by atoms with E-state index in [1.165, 1.54) is 0 Å². The van der Waals surface area contributed by atoms with Crippen LogP contribution >= 0.6 is 0 Å². The number of amides is 1. The highest BCUT2D eigenvalue weighted by molar-refractivity contribution is 5.96. The minimum absolute atomic E-state index is 0.00380. The Kier molecular flexibility index (Phi) is 3.57. The highest BCUT2D eigenvalue weighted by atomic mass is 16.3. The van der Waals surface area contributed by atoms with E-state index in [1.54, 1.807) is 23.1 Å². The number of anilines is 1. The molecule has 1 aromatic rings. The molecule has 98 valence electrons. The smallest absolute Gasteiger partial charge is 0.254 e. The topological polar surface area (TPSA) is 66.6 Å². The minimum atomic E-state index is -0.0607. The molecule has 2 atom stereocenters. The standard InChI is InChI=1S/C14H20N2O2/c1-9-5-6-16(13(9)8-17)14(18)12-4-3-11(15)7-10(12)2/h3-4,7,9,13,17H,5-6,8,15H2,1-2H3. The molecule has 0 aromatic heterocycles. The van der Waals surface area contributed by atoms with E-state index in [9.17, 15) is 9.90 Å². The molecule has 1 fully saturated rings. The second-order valence-electron chi connectivity index (χ2n) is 5.09. The summed E-state index contributed by atoms with van der Waals surface area (Å²) in [5.41, 5.74) is 7.92. The van der Waals surface area contributed by atoms with Crippen molar-refractivity contribution >= 4 is 11.6 Å². The SMILES string of the molecule is Cc1cc(N)ccc1C(=O)N1CCC(C)C1CO. The van der Waals surface area contributed by atoms with E-state index in [4.69, 9.17) is 5.73 Å². The lowest BCUT2D eigenvalue weighted by Crippen LogP contribution is -2.40. The van der Waals surface area contributed by atoms with E-state index < -0.39 is 0 Å². The van der Waals surface area contributed by atoms with E-state index in [2.05, 4.69) is 6.92 Å². The van der Waals surface area contributed by atoms with Gasteiger partial charge in [-0.25, -0.2) is 0 Å². The van der Waals surface area contributed by atoms with Crippen LogP contribution in [0.2, 0.25) is 0 Å². The second-order valence-corrected chi connectivity index (χ2v) is 5.09. The van der Waals surface area contributed by atoms with Crippen LogP contribution < -0.4 is 5.73 Å². The van der Waals surface area contributed by atoms with Crippen LogP contribution in [-0.2, 0) is 0 Å². The monoisotopic (exact) mass is 248 g/mol. The van der Waals surface area contributed by atoms with E-state index >= 15 is 0 Å². The van der Waals surface area contributed by atoms with Crippen molar-refractivity contribution in [2.45, 2.75) is 26.3 Å². The Balaban J connectivity index is 2.26. The number of nitrogen functional groups attached to an aromatic ring is 1. The number of nitrogens with two attached hydrogens (primary N) is 1. The van der Waals surface area contributed by atoms with Crippen molar-refractivity contribution in [2.75, 3.05) is 18.9 Å². The second kappa shape index (κ2) is 4.98. The van der Waals surface area contributed by atoms with Gasteiger partial charge in [0, 0.05) is 17.8 Å². The number of aliphatic hydroxyl groups excluding tert-OH is 1. The van der Waals surface area contributed by atoms with Crippen molar-refractivity contribution in [3.63, 3.8) is 0 Å². The fourth-order valence-corrected chi connectivity index (χ4v) is 2.62. The molecule has 0 aliphatic carbocycles. The third-order valence-electron chi connectivity index (χ3n) is 3.81. The number of rotatable bonds is 2. The maximum atomic E-state index is 12.5. The van der Waals surface area contributed by atoms with Crippen molar-refractivity contribution in [3.8, 4) is 0 Å².